The average Bonchev–Trinajstić information content (AvgIpc) is 3.34. The van der Waals surface area contributed by atoms with Crippen LogP contribution in [0, 0.1) is 0 Å². The number of hydrogen-bond acceptors (Lipinski definition) is 7. The third-order valence-electron chi connectivity index (χ3n) is 7.53. The van der Waals surface area contributed by atoms with Crippen molar-refractivity contribution in [3.8, 4) is 0 Å². The molecule has 8 rings (SSSR count). The predicted octanol–water partition coefficient (Wildman–Crippen LogP) is 3.87. The number of nitrogens with zero attached hydrogens (tertiary/aromatic N) is 6. The molecule has 1 fully saturated rings. The van der Waals surface area contributed by atoms with Crippen molar-refractivity contribution in [2.75, 3.05) is 0 Å². The van der Waals surface area contributed by atoms with Gasteiger partial charge in [0.05, 0.1) is 6.20 Å². The van der Waals surface area contributed by atoms with Crippen molar-refractivity contribution in [1.82, 2.24) is 28.9 Å². The van der Waals surface area contributed by atoms with E-state index in [1.54, 1.807) is 6.20 Å². The Morgan fingerprint density at radius 2 is 1.27 bits per heavy atom. The molecule has 11 heteroatoms. The lowest BCUT2D eigenvalue weighted by Gasteiger charge is -2.53. The number of aromatic nitrogens is 2. The van der Waals surface area contributed by atoms with Crippen LogP contribution in [0.5, 0.6) is 0 Å². The summed E-state index contributed by atoms with van der Waals surface area (Å²) in [4.78, 5) is 9.65. The number of para-hydroxylation sites is 1. The van der Waals surface area contributed by atoms with Crippen LogP contribution in [0.3, 0.4) is 0 Å². The summed E-state index contributed by atoms with van der Waals surface area (Å²) in [7, 11) is 0. The molecule has 0 N–H and O–H groups in total. The molecular weight excluding hydrogens is 456 g/mol. The maximum absolute atomic E-state index is 5.96. The van der Waals surface area contributed by atoms with Crippen molar-refractivity contribution in [3.05, 3.63) is 128 Å². The van der Waals surface area contributed by atoms with E-state index in [4.69, 9.17) is 14.4 Å². The average molecular weight is 476 g/mol. The van der Waals surface area contributed by atoms with Crippen LogP contribution in [0.4, 0.5) is 0 Å². The number of hydrogen-bond donors (Lipinski definition) is 0. The largest absolute Gasteiger partial charge is 0.453 e. The van der Waals surface area contributed by atoms with Crippen molar-refractivity contribution in [2.45, 2.75) is 0 Å². The first kappa shape index (κ1) is 20.7. The second kappa shape index (κ2) is 8.00. The molecule has 1 saturated heterocycles. The van der Waals surface area contributed by atoms with E-state index in [-0.39, 0.29) is 27.9 Å². The van der Waals surface area contributed by atoms with Gasteiger partial charge < -0.3 is 23.3 Å². The van der Waals surface area contributed by atoms with E-state index in [0.717, 1.165) is 22.1 Å². The molecule has 5 aliphatic heterocycles. The standard InChI is InChI=1S/C26H20B4N6O/c1-2-10-23-22(9-1)25-24(37-23)20-31-26(32-25)21-11-18-36-29-14-4-7-16-34(29)27-12-3-6-15-33(27)28-13-5-8-17-35(28)30(36)19-21/h1-20H. The molecule has 2 aromatic heterocycles. The smallest absolute Gasteiger partial charge is 0.381 e. The fraction of sp³-hybridized carbons (Fsp3) is 0. The third kappa shape index (κ3) is 3.13. The van der Waals surface area contributed by atoms with Crippen LogP contribution >= 0.6 is 0 Å². The second-order valence-electron chi connectivity index (χ2n) is 9.57. The molecule has 1 aromatic carbocycles. The molecule has 37 heavy (non-hydrogen) atoms. The van der Waals surface area contributed by atoms with E-state index in [1.165, 1.54) is 0 Å². The van der Waals surface area contributed by atoms with Crippen LogP contribution in [0.1, 0.15) is 5.82 Å². The summed E-state index contributed by atoms with van der Waals surface area (Å²) < 4.78 is 15.6. The van der Waals surface area contributed by atoms with Gasteiger partial charge in [-0.3, -0.25) is 0 Å². The minimum atomic E-state index is -0.0458. The van der Waals surface area contributed by atoms with E-state index in [0.29, 0.717) is 11.4 Å². The van der Waals surface area contributed by atoms with Gasteiger partial charge in [-0.2, -0.15) is 0 Å². The monoisotopic (exact) mass is 476 g/mol. The topological polar surface area (TPSA) is 51.9 Å². The van der Waals surface area contributed by atoms with Crippen LogP contribution in [-0.2, 0) is 0 Å². The Bertz CT molecular complexity index is 1640. The molecule has 0 radical (unpaired) electrons. The zero-order valence-corrected chi connectivity index (χ0v) is 19.9. The number of benzene rings is 1. The minimum absolute atomic E-state index is 0.0458. The normalized spacial score (nSPS) is 19.4. The molecule has 0 spiro atoms. The lowest BCUT2D eigenvalue weighted by Crippen LogP contribution is -2.73. The second-order valence-corrected chi connectivity index (χ2v) is 9.57. The van der Waals surface area contributed by atoms with Gasteiger partial charge in [-0.25, -0.2) is 9.97 Å². The van der Waals surface area contributed by atoms with Crippen LogP contribution in [0.2, 0.25) is 0 Å². The van der Waals surface area contributed by atoms with Crippen molar-refractivity contribution in [2.24, 2.45) is 0 Å². The third-order valence-corrected chi connectivity index (χ3v) is 7.53. The van der Waals surface area contributed by atoms with Crippen LogP contribution in [0.15, 0.2) is 126 Å². The molecule has 7 nitrogen and oxygen atoms in total. The van der Waals surface area contributed by atoms with Crippen molar-refractivity contribution < 1.29 is 4.42 Å². The maximum atomic E-state index is 5.96. The van der Waals surface area contributed by atoms with Gasteiger partial charge in [0.15, 0.2) is 11.4 Å². The van der Waals surface area contributed by atoms with E-state index >= 15 is 0 Å². The lowest BCUT2D eigenvalue weighted by molar-refractivity contribution is 0.622. The Balaban J connectivity index is 1.26. The SMILES string of the molecule is C1=CB2N(C=C1)B1C=CC=CN1B1C=C(c3ncc4oc5ccccc5c4n3)C=CN1B1C=CC=CN21. The Kier molecular flexibility index (Phi) is 4.46. The molecule has 172 valence electrons. The first-order valence-electron chi connectivity index (χ1n) is 12.5. The quantitative estimate of drug-likeness (QED) is 0.495. The Hall–Kier alpha value is -4.52. The Morgan fingerprint density at radius 3 is 1.97 bits per heavy atom. The van der Waals surface area contributed by atoms with Crippen molar-refractivity contribution in [1.29, 1.82) is 0 Å². The molecule has 0 bridgehead atoms. The van der Waals surface area contributed by atoms with E-state index in [9.17, 15) is 0 Å². The van der Waals surface area contributed by atoms with E-state index in [1.807, 2.05) is 24.3 Å². The summed E-state index contributed by atoms with van der Waals surface area (Å²) >= 11 is 0. The van der Waals surface area contributed by atoms with Crippen LogP contribution in [-0.4, -0.2) is 56.8 Å². The predicted molar refractivity (Wildman–Crippen MR) is 152 cm³/mol. The molecule has 0 atom stereocenters. The van der Waals surface area contributed by atoms with Gasteiger partial charge in [0, 0.05) is 11.0 Å². The molecule has 0 unspecified atom stereocenters. The zero-order chi connectivity index (χ0) is 24.3. The summed E-state index contributed by atoms with van der Waals surface area (Å²) in [6.45, 7) is 0.151. The fourth-order valence-corrected chi connectivity index (χ4v) is 5.83. The van der Waals surface area contributed by atoms with Crippen molar-refractivity contribution >= 4 is 55.6 Å². The van der Waals surface area contributed by atoms with Gasteiger partial charge in [-0.15, -0.1) is 0 Å². The molecule has 0 amide bonds. The first-order valence-corrected chi connectivity index (χ1v) is 12.5. The minimum Gasteiger partial charge on any atom is -0.453 e. The summed E-state index contributed by atoms with van der Waals surface area (Å²) in [6.07, 6.45) is 25.4. The summed E-state index contributed by atoms with van der Waals surface area (Å²) in [5, 5.41) is 1.00. The highest BCUT2D eigenvalue weighted by atomic mass is 16.3. The zero-order valence-electron chi connectivity index (χ0n) is 19.9. The highest BCUT2D eigenvalue weighted by Crippen LogP contribution is 2.32. The Labute approximate surface area is 216 Å². The maximum Gasteiger partial charge on any atom is 0.381 e. The summed E-state index contributed by atoms with van der Waals surface area (Å²) in [5.41, 5.74) is 3.36. The Morgan fingerprint density at radius 1 is 0.649 bits per heavy atom. The van der Waals surface area contributed by atoms with Gasteiger partial charge >= 0.3 is 27.9 Å². The lowest BCUT2D eigenvalue weighted by atomic mass is 9.41. The number of fused-ring (bicyclic) bond motifs is 11. The molecular formula is C26H20B4N6O. The molecule has 7 heterocycles. The summed E-state index contributed by atoms with van der Waals surface area (Å²) in [6, 6.07) is 8.00. The molecule has 0 saturated carbocycles. The number of allylic oxidation sites excluding steroid dienone is 8. The molecule has 3 aromatic rings. The van der Waals surface area contributed by atoms with Crippen LogP contribution in [0.25, 0.3) is 27.6 Å². The fourth-order valence-electron chi connectivity index (χ4n) is 5.83. The van der Waals surface area contributed by atoms with Gasteiger partial charge in [0.25, 0.3) is 0 Å². The van der Waals surface area contributed by atoms with E-state index < -0.39 is 0 Å². The van der Waals surface area contributed by atoms with Gasteiger partial charge in [-0.05, 0) is 61.2 Å². The van der Waals surface area contributed by atoms with E-state index in [2.05, 4.69) is 110 Å². The highest BCUT2D eigenvalue weighted by molar-refractivity contribution is 6.92. The highest BCUT2D eigenvalue weighted by Gasteiger charge is 2.49. The summed E-state index contributed by atoms with van der Waals surface area (Å²) in [5.74, 6) is 9.73. The van der Waals surface area contributed by atoms with Crippen molar-refractivity contribution in [3.63, 3.8) is 0 Å². The first-order chi connectivity index (χ1) is 18.3. The molecule has 0 aliphatic carbocycles. The van der Waals surface area contributed by atoms with Gasteiger partial charge in [0.2, 0.25) is 0 Å². The number of rotatable bonds is 1. The van der Waals surface area contributed by atoms with Gasteiger partial charge in [0.1, 0.15) is 11.1 Å². The van der Waals surface area contributed by atoms with Gasteiger partial charge in [-0.1, -0.05) is 54.3 Å². The number of furan rings is 1. The molecule has 5 aliphatic rings. The van der Waals surface area contributed by atoms with Crippen LogP contribution < -0.4 is 0 Å².